The van der Waals surface area contributed by atoms with Crippen molar-refractivity contribution in [2.45, 2.75) is 0 Å². The summed E-state index contributed by atoms with van der Waals surface area (Å²) in [7, 11) is 0. The van der Waals surface area contributed by atoms with Gasteiger partial charge in [-0.3, -0.25) is 10.1 Å². The van der Waals surface area contributed by atoms with Crippen LogP contribution in [0.2, 0.25) is 0 Å². The summed E-state index contributed by atoms with van der Waals surface area (Å²) in [4.78, 5) is 25.1. The summed E-state index contributed by atoms with van der Waals surface area (Å²) in [6.45, 7) is 0. The van der Waals surface area contributed by atoms with Crippen LogP contribution in [0.15, 0.2) is 41.0 Å². The Morgan fingerprint density at radius 1 is 1.40 bits per heavy atom. The third kappa shape index (κ3) is 2.91. The van der Waals surface area contributed by atoms with Gasteiger partial charge in [0.15, 0.2) is 0 Å². The molecule has 0 fully saturated rings. The van der Waals surface area contributed by atoms with E-state index in [4.69, 9.17) is 9.84 Å². The lowest BCUT2D eigenvalue weighted by atomic mass is 10.2. The van der Waals surface area contributed by atoms with Gasteiger partial charge < -0.3 is 9.84 Å². The first-order chi connectivity index (χ1) is 9.49. The minimum Gasteiger partial charge on any atom is -0.478 e. The number of hydrogen-bond donors (Lipinski definition) is 1. The summed E-state index contributed by atoms with van der Waals surface area (Å²) in [6.07, 6.45) is 1.32. The van der Waals surface area contributed by atoms with Crippen molar-refractivity contribution >= 4 is 27.6 Å². The van der Waals surface area contributed by atoms with Gasteiger partial charge in [0.25, 0.3) is 5.88 Å². The monoisotopic (exact) mass is 338 g/mol. The molecule has 0 aliphatic heterocycles. The predicted octanol–water partition coefficient (Wildman–Crippen LogP) is 3.24. The highest BCUT2D eigenvalue weighted by atomic mass is 79.9. The van der Waals surface area contributed by atoms with Crippen molar-refractivity contribution in [3.8, 4) is 11.6 Å². The fourth-order valence-corrected chi connectivity index (χ4v) is 1.82. The number of aromatic nitrogens is 1. The van der Waals surface area contributed by atoms with Crippen LogP contribution in [0, 0.1) is 10.1 Å². The van der Waals surface area contributed by atoms with Crippen molar-refractivity contribution in [3.05, 3.63) is 56.7 Å². The summed E-state index contributed by atoms with van der Waals surface area (Å²) < 4.78 is 5.82. The van der Waals surface area contributed by atoms with E-state index in [1.807, 2.05) is 0 Å². The lowest BCUT2D eigenvalue weighted by Gasteiger charge is -2.08. The number of nitrogens with zero attached hydrogens (tertiary/aromatic N) is 2. The molecule has 0 amide bonds. The van der Waals surface area contributed by atoms with Crippen molar-refractivity contribution < 1.29 is 19.6 Å². The zero-order chi connectivity index (χ0) is 14.7. The summed E-state index contributed by atoms with van der Waals surface area (Å²) >= 11 is 3.14. The van der Waals surface area contributed by atoms with E-state index >= 15 is 0 Å². The van der Waals surface area contributed by atoms with Crippen LogP contribution in [0.4, 0.5) is 5.69 Å². The van der Waals surface area contributed by atoms with Gasteiger partial charge in [0.05, 0.1) is 4.92 Å². The fraction of sp³-hybridized carbons (Fsp3) is 0. The molecule has 1 N–H and O–H groups in total. The van der Waals surface area contributed by atoms with E-state index < -0.39 is 10.9 Å². The molecule has 2 rings (SSSR count). The second kappa shape index (κ2) is 5.66. The van der Waals surface area contributed by atoms with E-state index in [2.05, 4.69) is 20.9 Å². The molecule has 0 bridgehead atoms. The van der Waals surface area contributed by atoms with Gasteiger partial charge in [0, 0.05) is 16.7 Å². The third-order valence-corrected chi connectivity index (χ3v) is 2.82. The predicted molar refractivity (Wildman–Crippen MR) is 72.1 cm³/mol. The molecule has 1 aromatic carbocycles. The molecule has 7 nitrogen and oxygen atoms in total. The van der Waals surface area contributed by atoms with Gasteiger partial charge >= 0.3 is 11.7 Å². The standard InChI is InChI=1S/C12H7BrN2O5/c13-7-3-4-10(8(6-7)12(16)17)20-11-9(15(18)19)2-1-5-14-11/h1-6H,(H,16,17). The number of nitro groups is 1. The molecule has 0 spiro atoms. The van der Waals surface area contributed by atoms with E-state index in [-0.39, 0.29) is 22.9 Å². The molecule has 2 aromatic rings. The van der Waals surface area contributed by atoms with E-state index in [0.717, 1.165) is 0 Å². The molecule has 102 valence electrons. The Balaban J connectivity index is 2.45. The summed E-state index contributed by atoms with van der Waals surface area (Å²) in [5.74, 6) is -1.50. The van der Waals surface area contributed by atoms with Gasteiger partial charge in [-0.05, 0) is 24.3 Å². The van der Waals surface area contributed by atoms with Crippen molar-refractivity contribution in [2.24, 2.45) is 0 Å². The SMILES string of the molecule is O=C(O)c1cc(Br)ccc1Oc1ncccc1[N+](=O)[O-]. The van der Waals surface area contributed by atoms with E-state index in [0.29, 0.717) is 4.47 Å². The molecule has 0 atom stereocenters. The van der Waals surface area contributed by atoms with Gasteiger partial charge in [-0.25, -0.2) is 9.78 Å². The fourth-order valence-electron chi connectivity index (χ4n) is 1.46. The molecule has 20 heavy (non-hydrogen) atoms. The number of carboxylic acids is 1. The molecular weight excluding hydrogens is 332 g/mol. The van der Waals surface area contributed by atoms with Crippen molar-refractivity contribution in [1.82, 2.24) is 4.98 Å². The molecule has 0 saturated carbocycles. The maximum absolute atomic E-state index is 11.1. The van der Waals surface area contributed by atoms with Gasteiger partial charge in [-0.1, -0.05) is 15.9 Å². The topological polar surface area (TPSA) is 103 Å². The number of halogens is 1. The van der Waals surface area contributed by atoms with Crippen LogP contribution in [0.1, 0.15) is 10.4 Å². The lowest BCUT2D eigenvalue weighted by molar-refractivity contribution is -0.386. The number of aromatic carboxylic acids is 1. The van der Waals surface area contributed by atoms with Gasteiger partial charge in [0.2, 0.25) is 0 Å². The van der Waals surface area contributed by atoms with Gasteiger partial charge in [-0.15, -0.1) is 0 Å². The number of carbonyl (C=O) groups is 1. The number of ether oxygens (including phenoxy) is 1. The summed E-state index contributed by atoms with van der Waals surface area (Å²) in [6, 6.07) is 6.92. The Morgan fingerprint density at radius 2 is 2.15 bits per heavy atom. The first kappa shape index (κ1) is 13.9. The maximum Gasteiger partial charge on any atom is 0.339 e. The summed E-state index contributed by atoms with van der Waals surface area (Å²) in [5.41, 5.74) is -0.467. The number of carboxylic acid groups (broad SMARTS) is 1. The smallest absolute Gasteiger partial charge is 0.339 e. The average molecular weight is 339 g/mol. The highest BCUT2D eigenvalue weighted by Gasteiger charge is 2.19. The highest BCUT2D eigenvalue weighted by Crippen LogP contribution is 2.31. The van der Waals surface area contributed by atoms with Gasteiger partial charge in [-0.2, -0.15) is 0 Å². The first-order valence-corrected chi connectivity index (χ1v) is 6.08. The first-order valence-electron chi connectivity index (χ1n) is 5.29. The number of hydrogen-bond acceptors (Lipinski definition) is 5. The molecule has 1 aromatic heterocycles. The molecule has 1 heterocycles. The van der Waals surface area contributed by atoms with Crippen LogP contribution in [-0.2, 0) is 0 Å². The van der Waals surface area contributed by atoms with E-state index in [1.54, 1.807) is 6.07 Å². The Bertz CT molecular complexity index is 689. The largest absolute Gasteiger partial charge is 0.478 e. The lowest BCUT2D eigenvalue weighted by Crippen LogP contribution is -2.02. The van der Waals surface area contributed by atoms with Crippen LogP contribution < -0.4 is 4.74 Å². The normalized spacial score (nSPS) is 10.1. The van der Waals surface area contributed by atoms with Crippen molar-refractivity contribution in [1.29, 1.82) is 0 Å². The Morgan fingerprint density at radius 3 is 2.80 bits per heavy atom. The molecule has 0 aliphatic carbocycles. The van der Waals surface area contributed by atoms with E-state index in [1.165, 1.54) is 30.5 Å². The number of rotatable bonds is 4. The quantitative estimate of drug-likeness (QED) is 0.678. The number of benzene rings is 1. The van der Waals surface area contributed by atoms with Crippen LogP contribution in [0.3, 0.4) is 0 Å². The Labute approximate surface area is 121 Å². The summed E-state index contributed by atoms with van der Waals surface area (Å²) in [5, 5.41) is 19.9. The second-order valence-electron chi connectivity index (χ2n) is 3.63. The molecule has 8 heteroatoms. The maximum atomic E-state index is 11.1. The average Bonchev–Trinajstić information content (AvgIpc) is 2.41. The van der Waals surface area contributed by atoms with Crippen LogP contribution in [0.25, 0.3) is 0 Å². The zero-order valence-corrected chi connectivity index (χ0v) is 11.4. The zero-order valence-electron chi connectivity index (χ0n) is 9.82. The van der Waals surface area contributed by atoms with Crippen LogP contribution in [-0.4, -0.2) is 21.0 Å². The molecule has 0 saturated heterocycles. The second-order valence-corrected chi connectivity index (χ2v) is 4.55. The molecule has 0 aliphatic rings. The van der Waals surface area contributed by atoms with Crippen molar-refractivity contribution in [3.63, 3.8) is 0 Å². The Hall–Kier alpha value is -2.48. The third-order valence-electron chi connectivity index (χ3n) is 2.33. The Kier molecular flexibility index (Phi) is 3.94. The molecule has 0 unspecified atom stereocenters. The van der Waals surface area contributed by atoms with E-state index in [9.17, 15) is 14.9 Å². The number of pyridine rings is 1. The van der Waals surface area contributed by atoms with Crippen LogP contribution in [0.5, 0.6) is 11.6 Å². The molecular formula is C12H7BrN2O5. The minimum absolute atomic E-state index is 0.0255. The van der Waals surface area contributed by atoms with Crippen molar-refractivity contribution in [2.75, 3.05) is 0 Å². The van der Waals surface area contributed by atoms with Gasteiger partial charge in [0.1, 0.15) is 11.3 Å². The highest BCUT2D eigenvalue weighted by molar-refractivity contribution is 9.10. The minimum atomic E-state index is -1.21. The molecule has 0 radical (unpaired) electrons. The van der Waals surface area contributed by atoms with Crippen LogP contribution >= 0.6 is 15.9 Å².